The van der Waals surface area contributed by atoms with E-state index in [1.54, 1.807) is 0 Å². The van der Waals surface area contributed by atoms with Crippen molar-refractivity contribution in [3.63, 3.8) is 0 Å². The number of aryl methyl sites for hydroxylation is 1. The number of halogens is 4. The number of nitrogens with one attached hydrogen (secondary N) is 1. The highest BCUT2D eigenvalue weighted by atomic mass is 32.1. The number of rotatable bonds is 4. The average Bonchev–Trinajstić information content (AvgIpc) is 3.04. The molecule has 0 fully saturated rings. The molecule has 0 bridgehead atoms. The second-order valence-corrected chi connectivity index (χ2v) is 6.27. The van der Waals surface area contributed by atoms with E-state index < -0.39 is 17.6 Å². The number of thiazole rings is 1. The summed E-state index contributed by atoms with van der Waals surface area (Å²) in [6.45, 7) is 2.06. The molecule has 0 amide bonds. The van der Waals surface area contributed by atoms with Crippen molar-refractivity contribution in [2.45, 2.75) is 19.5 Å². The van der Waals surface area contributed by atoms with E-state index in [1.807, 2.05) is 29.6 Å². The molecule has 0 aliphatic heterocycles. The molecule has 2 aromatic carbocycles. The van der Waals surface area contributed by atoms with Gasteiger partial charge < -0.3 is 5.32 Å². The summed E-state index contributed by atoms with van der Waals surface area (Å²) < 4.78 is 51.7. The maximum atomic E-state index is 13.3. The summed E-state index contributed by atoms with van der Waals surface area (Å²) in [7, 11) is 0. The highest BCUT2D eigenvalue weighted by Gasteiger charge is 2.34. The van der Waals surface area contributed by atoms with Gasteiger partial charge in [-0.15, -0.1) is 11.3 Å². The number of hydrogen-bond donors (Lipinski definition) is 1. The first-order valence-corrected chi connectivity index (χ1v) is 8.43. The molecule has 25 heavy (non-hydrogen) atoms. The van der Waals surface area contributed by atoms with Crippen LogP contribution in [0.2, 0.25) is 0 Å². The van der Waals surface area contributed by atoms with Crippen molar-refractivity contribution in [2.75, 3.05) is 5.32 Å². The molecule has 0 radical (unpaired) electrons. The lowest BCUT2D eigenvalue weighted by atomic mass is 10.1. The Labute approximate surface area is 146 Å². The largest absolute Gasteiger partial charge is 0.419 e. The van der Waals surface area contributed by atoms with Crippen LogP contribution in [0.3, 0.4) is 0 Å². The third-order valence-electron chi connectivity index (χ3n) is 3.66. The average molecular weight is 366 g/mol. The molecule has 3 rings (SSSR count). The molecule has 0 saturated carbocycles. The van der Waals surface area contributed by atoms with Gasteiger partial charge >= 0.3 is 6.18 Å². The van der Waals surface area contributed by atoms with Gasteiger partial charge in [0.25, 0.3) is 0 Å². The number of nitrogens with zero attached hydrogens (tertiary/aromatic N) is 1. The van der Waals surface area contributed by atoms with E-state index in [0.29, 0.717) is 5.13 Å². The zero-order valence-electron chi connectivity index (χ0n) is 13.2. The Morgan fingerprint density at radius 1 is 1.12 bits per heavy atom. The first-order valence-electron chi connectivity index (χ1n) is 7.55. The standard InChI is InChI=1S/C18H14F4N2S/c1-2-11-4-3-5-12(8-11)16-10-25-17(24-16)23-13-6-7-15(19)14(9-13)18(20,21)22/h3-10H,2H2,1H3,(H,23,24). The van der Waals surface area contributed by atoms with Crippen LogP contribution in [0.1, 0.15) is 18.1 Å². The molecule has 0 spiro atoms. The van der Waals surface area contributed by atoms with E-state index in [4.69, 9.17) is 0 Å². The topological polar surface area (TPSA) is 24.9 Å². The SMILES string of the molecule is CCc1cccc(-c2csc(Nc3ccc(F)c(C(F)(F)F)c3)n2)c1. The van der Waals surface area contributed by atoms with Crippen molar-refractivity contribution in [1.29, 1.82) is 0 Å². The van der Waals surface area contributed by atoms with Crippen molar-refractivity contribution in [3.05, 3.63) is 64.8 Å². The summed E-state index contributed by atoms with van der Waals surface area (Å²) in [6, 6.07) is 10.7. The van der Waals surface area contributed by atoms with Crippen molar-refractivity contribution in [1.82, 2.24) is 4.98 Å². The minimum atomic E-state index is -4.74. The monoisotopic (exact) mass is 366 g/mol. The fourth-order valence-electron chi connectivity index (χ4n) is 2.36. The number of alkyl halides is 3. The van der Waals surface area contributed by atoms with Crippen LogP contribution in [0.4, 0.5) is 28.4 Å². The predicted molar refractivity (Wildman–Crippen MR) is 91.6 cm³/mol. The summed E-state index contributed by atoms with van der Waals surface area (Å²) >= 11 is 1.27. The number of anilines is 2. The highest BCUT2D eigenvalue weighted by molar-refractivity contribution is 7.14. The van der Waals surface area contributed by atoms with Gasteiger partial charge in [0.15, 0.2) is 5.13 Å². The summed E-state index contributed by atoms with van der Waals surface area (Å²) in [4.78, 5) is 4.40. The van der Waals surface area contributed by atoms with E-state index >= 15 is 0 Å². The Kier molecular flexibility index (Phi) is 4.76. The minimum Gasteiger partial charge on any atom is -0.332 e. The number of benzene rings is 2. The van der Waals surface area contributed by atoms with Gasteiger partial charge in [0.05, 0.1) is 11.3 Å². The maximum Gasteiger partial charge on any atom is 0.419 e. The van der Waals surface area contributed by atoms with Crippen molar-refractivity contribution in [2.24, 2.45) is 0 Å². The lowest BCUT2D eigenvalue weighted by molar-refractivity contribution is -0.139. The van der Waals surface area contributed by atoms with Crippen LogP contribution in [0.5, 0.6) is 0 Å². The molecule has 2 nitrogen and oxygen atoms in total. The fourth-order valence-corrected chi connectivity index (χ4v) is 3.10. The molecular formula is C18H14F4N2S. The molecule has 3 aromatic rings. The molecule has 1 aromatic heterocycles. The van der Waals surface area contributed by atoms with Gasteiger partial charge in [0.2, 0.25) is 0 Å². The predicted octanol–water partition coefficient (Wildman–Crippen LogP) is 6.27. The van der Waals surface area contributed by atoms with Gasteiger partial charge in [0.1, 0.15) is 5.82 Å². The molecule has 1 N–H and O–H groups in total. The van der Waals surface area contributed by atoms with E-state index in [0.717, 1.165) is 29.8 Å². The normalized spacial score (nSPS) is 11.6. The zero-order chi connectivity index (χ0) is 18.0. The van der Waals surface area contributed by atoms with Gasteiger partial charge in [0, 0.05) is 16.6 Å². The first kappa shape index (κ1) is 17.4. The minimum absolute atomic E-state index is 0.136. The Morgan fingerprint density at radius 3 is 2.64 bits per heavy atom. The summed E-state index contributed by atoms with van der Waals surface area (Å²) in [5.41, 5.74) is 1.69. The van der Waals surface area contributed by atoms with Gasteiger partial charge in [-0.05, 0) is 36.2 Å². The molecule has 0 aliphatic carbocycles. The van der Waals surface area contributed by atoms with Crippen molar-refractivity contribution in [3.8, 4) is 11.3 Å². The Bertz CT molecular complexity index is 887. The van der Waals surface area contributed by atoms with Gasteiger partial charge in [-0.25, -0.2) is 9.37 Å². The zero-order valence-corrected chi connectivity index (χ0v) is 14.0. The van der Waals surface area contributed by atoms with Crippen LogP contribution < -0.4 is 5.32 Å². The summed E-state index contributed by atoms with van der Waals surface area (Å²) in [5, 5.41) is 5.07. The van der Waals surface area contributed by atoms with Crippen LogP contribution in [0.25, 0.3) is 11.3 Å². The van der Waals surface area contributed by atoms with E-state index in [9.17, 15) is 17.6 Å². The molecule has 130 valence electrons. The van der Waals surface area contributed by atoms with E-state index in [2.05, 4.69) is 17.2 Å². The van der Waals surface area contributed by atoms with Crippen LogP contribution in [-0.4, -0.2) is 4.98 Å². The quantitative estimate of drug-likeness (QED) is 0.550. The lowest BCUT2D eigenvalue weighted by Gasteiger charge is -2.10. The Morgan fingerprint density at radius 2 is 1.92 bits per heavy atom. The molecule has 0 aliphatic rings. The fraction of sp³-hybridized carbons (Fsp3) is 0.167. The lowest BCUT2D eigenvalue weighted by Crippen LogP contribution is -2.08. The van der Waals surface area contributed by atoms with Crippen molar-refractivity contribution >= 4 is 22.2 Å². The third-order valence-corrected chi connectivity index (χ3v) is 4.42. The molecule has 0 saturated heterocycles. The highest BCUT2D eigenvalue weighted by Crippen LogP contribution is 2.34. The number of aromatic nitrogens is 1. The molecule has 1 heterocycles. The van der Waals surface area contributed by atoms with Gasteiger partial charge in [-0.1, -0.05) is 25.1 Å². The Balaban J connectivity index is 1.84. The Hall–Kier alpha value is -2.41. The summed E-state index contributed by atoms with van der Waals surface area (Å²) in [6.07, 6.45) is -3.84. The second kappa shape index (κ2) is 6.84. The third kappa shape index (κ3) is 3.99. The van der Waals surface area contributed by atoms with E-state index in [1.165, 1.54) is 23.0 Å². The second-order valence-electron chi connectivity index (χ2n) is 5.41. The summed E-state index contributed by atoms with van der Waals surface area (Å²) in [5.74, 6) is -1.30. The smallest absolute Gasteiger partial charge is 0.332 e. The van der Waals surface area contributed by atoms with Gasteiger partial charge in [-0.3, -0.25) is 0 Å². The number of hydrogen-bond acceptors (Lipinski definition) is 3. The van der Waals surface area contributed by atoms with Gasteiger partial charge in [-0.2, -0.15) is 13.2 Å². The van der Waals surface area contributed by atoms with E-state index in [-0.39, 0.29) is 5.69 Å². The van der Waals surface area contributed by atoms with Crippen LogP contribution in [-0.2, 0) is 12.6 Å². The molecular weight excluding hydrogens is 352 g/mol. The van der Waals surface area contributed by atoms with Crippen LogP contribution in [0, 0.1) is 5.82 Å². The molecule has 0 unspecified atom stereocenters. The first-order chi connectivity index (χ1) is 11.9. The van der Waals surface area contributed by atoms with Crippen LogP contribution in [0.15, 0.2) is 47.8 Å². The maximum absolute atomic E-state index is 13.3. The van der Waals surface area contributed by atoms with Crippen molar-refractivity contribution < 1.29 is 17.6 Å². The molecule has 0 atom stereocenters. The molecule has 7 heteroatoms. The van der Waals surface area contributed by atoms with Crippen LogP contribution >= 0.6 is 11.3 Å².